The van der Waals surface area contributed by atoms with E-state index in [-0.39, 0.29) is 17.7 Å². The Kier molecular flexibility index (Phi) is 3.61. The monoisotopic (exact) mass is 277 g/mol. The van der Waals surface area contributed by atoms with E-state index in [0.29, 0.717) is 0 Å². The van der Waals surface area contributed by atoms with Crippen molar-refractivity contribution in [2.75, 3.05) is 14.2 Å². The molecule has 1 aromatic rings. The van der Waals surface area contributed by atoms with E-state index in [4.69, 9.17) is 19.9 Å². The summed E-state index contributed by atoms with van der Waals surface area (Å²) in [6.45, 7) is 0. The van der Waals surface area contributed by atoms with Crippen molar-refractivity contribution in [2.24, 2.45) is 5.73 Å². The minimum Gasteiger partial charge on any atom is -0.497 e. The lowest BCUT2D eigenvalue weighted by atomic mass is 9.76. The van der Waals surface area contributed by atoms with Crippen molar-refractivity contribution in [3.05, 3.63) is 23.8 Å². The summed E-state index contributed by atoms with van der Waals surface area (Å²) in [7, 11) is 3.45. The molecule has 1 aliphatic heterocycles. The lowest BCUT2D eigenvalue weighted by Gasteiger charge is -2.45. The molecule has 0 bridgehead atoms. The average molecular weight is 277 g/mol. The second-order valence-electron chi connectivity index (χ2n) is 5.95. The Morgan fingerprint density at radius 1 is 1.30 bits per heavy atom. The summed E-state index contributed by atoms with van der Waals surface area (Å²) in [4.78, 5) is 0. The number of benzene rings is 1. The van der Waals surface area contributed by atoms with Crippen LogP contribution in [-0.2, 0) is 4.74 Å². The molecule has 2 aliphatic rings. The van der Waals surface area contributed by atoms with E-state index >= 15 is 0 Å². The van der Waals surface area contributed by atoms with E-state index in [1.807, 2.05) is 18.2 Å². The van der Waals surface area contributed by atoms with Gasteiger partial charge in [0, 0.05) is 37.6 Å². The fourth-order valence-electron chi connectivity index (χ4n) is 3.57. The molecule has 4 nitrogen and oxygen atoms in total. The molecule has 3 rings (SSSR count). The summed E-state index contributed by atoms with van der Waals surface area (Å²) in [6, 6.07) is 5.94. The lowest BCUT2D eigenvalue weighted by Crippen LogP contribution is -2.48. The highest BCUT2D eigenvalue weighted by Crippen LogP contribution is 2.46. The molecule has 1 heterocycles. The average Bonchev–Trinajstić information content (AvgIpc) is 2.46. The first-order valence-electron chi connectivity index (χ1n) is 7.31. The van der Waals surface area contributed by atoms with E-state index in [1.165, 1.54) is 0 Å². The second kappa shape index (κ2) is 5.26. The van der Waals surface area contributed by atoms with E-state index < -0.39 is 0 Å². The van der Waals surface area contributed by atoms with Crippen LogP contribution in [0.1, 0.15) is 43.7 Å². The highest BCUT2D eigenvalue weighted by Gasteiger charge is 2.43. The molecule has 110 valence electrons. The highest BCUT2D eigenvalue weighted by atomic mass is 16.5. The van der Waals surface area contributed by atoms with Crippen LogP contribution in [0.3, 0.4) is 0 Å². The fourth-order valence-corrected chi connectivity index (χ4v) is 3.57. The number of hydrogen-bond acceptors (Lipinski definition) is 4. The van der Waals surface area contributed by atoms with Gasteiger partial charge in [0.15, 0.2) is 0 Å². The third-order valence-corrected chi connectivity index (χ3v) is 4.63. The molecule has 0 saturated heterocycles. The van der Waals surface area contributed by atoms with E-state index in [0.717, 1.165) is 49.2 Å². The maximum Gasteiger partial charge on any atom is 0.128 e. The third-order valence-electron chi connectivity index (χ3n) is 4.63. The Bertz CT molecular complexity index is 491. The predicted octanol–water partition coefficient (Wildman–Crippen LogP) is 2.81. The van der Waals surface area contributed by atoms with Gasteiger partial charge in [-0.3, -0.25) is 0 Å². The van der Waals surface area contributed by atoms with Gasteiger partial charge in [-0.05, 0) is 25.3 Å². The van der Waals surface area contributed by atoms with E-state index in [9.17, 15) is 0 Å². The molecule has 4 heteroatoms. The Morgan fingerprint density at radius 2 is 2.15 bits per heavy atom. The largest absolute Gasteiger partial charge is 0.497 e. The maximum atomic E-state index is 6.37. The predicted molar refractivity (Wildman–Crippen MR) is 77.2 cm³/mol. The minimum absolute atomic E-state index is 0.0280. The van der Waals surface area contributed by atoms with Crippen molar-refractivity contribution in [1.29, 1.82) is 0 Å². The Morgan fingerprint density at radius 3 is 2.90 bits per heavy atom. The van der Waals surface area contributed by atoms with Gasteiger partial charge in [-0.2, -0.15) is 0 Å². The molecule has 3 atom stereocenters. The van der Waals surface area contributed by atoms with Crippen LogP contribution in [0, 0.1) is 0 Å². The summed E-state index contributed by atoms with van der Waals surface area (Å²) in [5, 5.41) is 0. The van der Waals surface area contributed by atoms with Gasteiger partial charge in [0.05, 0.1) is 13.2 Å². The van der Waals surface area contributed by atoms with Crippen LogP contribution in [0.4, 0.5) is 0 Å². The normalized spacial score (nSPS) is 32.5. The molecule has 2 N–H and O–H groups in total. The van der Waals surface area contributed by atoms with Crippen molar-refractivity contribution in [1.82, 2.24) is 0 Å². The molecule has 20 heavy (non-hydrogen) atoms. The van der Waals surface area contributed by atoms with Crippen LogP contribution in [-0.4, -0.2) is 25.9 Å². The maximum absolute atomic E-state index is 6.37. The zero-order valence-electron chi connectivity index (χ0n) is 12.2. The van der Waals surface area contributed by atoms with Crippen molar-refractivity contribution >= 4 is 0 Å². The molecular weight excluding hydrogens is 254 g/mol. The molecule has 1 fully saturated rings. The van der Waals surface area contributed by atoms with Gasteiger partial charge in [-0.15, -0.1) is 0 Å². The van der Waals surface area contributed by atoms with Gasteiger partial charge < -0.3 is 19.9 Å². The Hall–Kier alpha value is -1.26. The van der Waals surface area contributed by atoms with Crippen LogP contribution in [0.2, 0.25) is 0 Å². The zero-order valence-corrected chi connectivity index (χ0v) is 12.2. The first-order chi connectivity index (χ1) is 9.65. The van der Waals surface area contributed by atoms with Crippen LogP contribution in [0.5, 0.6) is 11.5 Å². The van der Waals surface area contributed by atoms with Crippen LogP contribution in [0.15, 0.2) is 18.2 Å². The Balaban J connectivity index is 1.90. The summed E-state index contributed by atoms with van der Waals surface area (Å²) in [5.41, 5.74) is 7.28. The number of fused-ring (bicyclic) bond motifs is 1. The number of rotatable bonds is 2. The summed E-state index contributed by atoms with van der Waals surface area (Å²) in [5.74, 6) is 1.69. The van der Waals surface area contributed by atoms with Crippen molar-refractivity contribution < 1.29 is 14.2 Å². The smallest absolute Gasteiger partial charge is 0.128 e. The zero-order chi connectivity index (χ0) is 14.2. The molecule has 0 radical (unpaired) electrons. The molecule has 1 saturated carbocycles. The summed E-state index contributed by atoms with van der Waals surface area (Å²) >= 11 is 0. The first kappa shape index (κ1) is 13.7. The minimum atomic E-state index is -0.169. The van der Waals surface area contributed by atoms with Gasteiger partial charge in [0.1, 0.15) is 17.1 Å². The number of ether oxygens (including phenoxy) is 3. The van der Waals surface area contributed by atoms with Gasteiger partial charge >= 0.3 is 0 Å². The van der Waals surface area contributed by atoms with Crippen LogP contribution in [0.25, 0.3) is 0 Å². The van der Waals surface area contributed by atoms with Crippen molar-refractivity contribution in [2.45, 2.75) is 49.9 Å². The second-order valence-corrected chi connectivity index (χ2v) is 5.95. The van der Waals surface area contributed by atoms with Crippen molar-refractivity contribution in [3.63, 3.8) is 0 Å². The molecule has 0 aromatic heterocycles. The lowest BCUT2D eigenvalue weighted by molar-refractivity contribution is -0.0578. The third kappa shape index (κ3) is 2.38. The quantitative estimate of drug-likeness (QED) is 0.903. The molecule has 1 spiro atoms. The molecule has 0 amide bonds. The van der Waals surface area contributed by atoms with Gasteiger partial charge in [-0.1, -0.05) is 6.07 Å². The standard InChI is InChI=1S/C16H23NO3/c1-18-11-5-6-13-14(17)10-16(20-15(13)8-11)7-3-4-12(9-16)19-2/h5-6,8,12,14H,3-4,7,9-10,17H2,1-2H3/t12?,14-,16?/m0/s1. The molecular formula is C16H23NO3. The fraction of sp³-hybridized carbons (Fsp3) is 0.625. The van der Waals surface area contributed by atoms with Gasteiger partial charge in [-0.25, -0.2) is 0 Å². The number of hydrogen-bond donors (Lipinski definition) is 1. The molecule has 2 unspecified atom stereocenters. The number of methoxy groups -OCH3 is 2. The highest BCUT2D eigenvalue weighted by molar-refractivity contribution is 5.44. The summed E-state index contributed by atoms with van der Waals surface area (Å²) in [6.07, 6.45) is 5.37. The topological polar surface area (TPSA) is 53.7 Å². The van der Waals surface area contributed by atoms with E-state index in [2.05, 4.69) is 0 Å². The van der Waals surface area contributed by atoms with E-state index in [1.54, 1.807) is 14.2 Å². The van der Waals surface area contributed by atoms with Gasteiger partial charge in [0.2, 0.25) is 0 Å². The first-order valence-corrected chi connectivity index (χ1v) is 7.31. The molecule has 1 aromatic carbocycles. The van der Waals surface area contributed by atoms with Crippen molar-refractivity contribution in [3.8, 4) is 11.5 Å². The molecule has 1 aliphatic carbocycles. The number of nitrogens with two attached hydrogens (primary N) is 1. The Labute approximate surface area is 120 Å². The SMILES string of the molecule is COc1ccc2c(c1)OC1(CCCC(OC)C1)C[C@@H]2N. The summed E-state index contributed by atoms with van der Waals surface area (Å²) < 4.78 is 17.2. The van der Waals surface area contributed by atoms with Gasteiger partial charge in [0.25, 0.3) is 0 Å². The van der Waals surface area contributed by atoms with Crippen LogP contribution >= 0.6 is 0 Å². The van der Waals surface area contributed by atoms with Crippen LogP contribution < -0.4 is 15.2 Å².